The van der Waals surface area contributed by atoms with E-state index in [1.54, 1.807) is 7.05 Å². The van der Waals surface area contributed by atoms with E-state index >= 15 is 0 Å². The third-order valence-electron chi connectivity index (χ3n) is 1.89. The number of rotatable bonds is 0. The van der Waals surface area contributed by atoms with Gasteiger partial charge >= 0.3 is 0 Å². The highest BCUT2D eigenvalue weighted by atomic mass is 79.9. The summed E-state index contributed by atoms with van der Waals surface area (Å²) in [5, 5.41) is 11.4. The quantitative estimate of drug-likeness (QED) is 0.504. The Morgan fingerprint density at radius 2 is 2.29 bits per heavy atom. The molecule has 0 aliphatic carbocycles. The summed E-state index contributed by atoms with van der Waals surface area (Å²) in [5.74, 6) is 0. The van der Waals surface area contributed by atoms with Gasteiger partial charge in [0.2, 0.25) is 0 Å². The van der Waals surface area contributed by atoms with Crippen molar-refractivity contribution in [3.8, 4) is 0 Å². The molecule has 2 rings (SSSR count). The molecular formula is C8H6BrN3O2. The molecule has 0 unspecified atom stereocenters. The molecule has 0 fully saturated rings. The number of pyridine rings is 1. The molecule has 5 nitrogen and oxygen atoms in total. The zero-order valence-electron chi connectivity index (χ0n) is 7.27. The number of hydrogen-bond acceptors (Lipinski definition) is 3. The maximum Gasteiger partial charge on any atom is 0.267 e. The van der Waals surface area contributed by atoms with Crippen LogP contribution in [-0.2, 0) is 7.05 Å². The molecule has 0 saturated carbocycles. The summed E-state index contributed by atoms with van der Waals surface area (Å²) in [6.45, 7) is 0. The Morgan fingerprint density at radius 1 is 1.57 bits per heavy atom. The second-order valence-electron chi connectivity index (χ2n) is 2.89. The Morgan fingerprint density at radius 3 is 3.00 bits per heavy atom. The molecule has 0 aliphatic rings. The lowest BCUT2D eigenvalue weighted by Gasteiger charge is -2.02. The summed E-state index contributed by atoms with van der Waals surface area (Å²) >= 11 is 3.17. The number of halogens is 1. The van der Waals surface area contributed by atoms with Gasteiger partial charge in [-0.25, -0.2) is 4.98 Å². The first-order valence-electron chi connectivity index (χ1n) is 3.83. The lowest BCUT2D eigenvalue weighted by molar-refractivity contribution is -0.604. The van der Waals surface area contributed by atoms with Crippen LogP contribution in [0, 0.1) is 5.21 Å². The Kier molecular flexibility index (Phi) is 1.99. The highest BCUT2D eigenvalue weighted by Gasteiger charge is 2.09. The van der Waals surface area contributed by atoms with Crippen molar-refractivity contribution in [1.29, 1.82) is 0 Å². The van der Waals surface area contributed by atoms with Gasteiger partial charge in [-0.2, -0.15) is 4.73 Å². The normalized spacial score (nSPS) is 10.7. The predicted octanol–water partition coefficient (Wildman–Crippen LogP) is 0.329. The molecule has 72 valence electrons. The fourth-order valence-electron chi connectivity index (χ4n) is 1.20. The van der Waals surface area contributed by atoms with Crippen LogP contribution in [0.3, 0.4) is 0 Å². The number of aromatic nitrogens is 3. The minimum Gasteiger partial charge on any atom is -0.619 e. The third-order valence-corrected chi connectivity index (χ3v) is 2.47. The first kappa shape index (κ1) is 9.14. The molecule has 0 saturated heterocycles. The van der Waals surface area contributed by atoms with Gasteiger partial charge in [0.1, 0.15) is 15.4 Å². The topological polar surface area (TPSA) is 61.8 Å². The van der Waals surface area contributed by atoms with Crippen LogP contribution in [-0.4, -0.2) is 9.55 Å². The number of nitrogens with zero attached hydrogens (tertiary/aromatic N) is 3. The lowest BCUT2D eigenvalue weighted by atomic mass is 10.3. The molecular weight excluding hydrogens is 250 g/mol. The molecule has 0 atom stereocenters. The van der Waals surface area contributed by atoms with Gasteiger partial charge in [0.25, 0.3) is 5.56 Å². The zero-order chi connectivity index (χ0) is 10.3. The van der Waals surface area contributed by atoms with Crippen LogP contribution < -0.4 is 10.3 Å². The minimum atomic E-state index is -0.235. The monoisotopic (exact) mass is 255 g/mol. The van der Waals surface area contributed by atoms with E-state index in [1.807, 2.05) is 0 Å². The van der Waals surface area contributed by atoms with E-state index in [4.69, 9.17) is 0 Å². The second kappa shape index (κ2) is 3.06. The second-order valence-corrected chi connectivity index (χ2v) is 3.74. The van der Waals surface area contributed by atoms with Crippen molar-refractivity contribution in [2.75, 3.05) is 0 Å². The highest BCUT2D eigenvalue weighted by molar-refractivity contribution is 9.10. The summed E-state index contributed by atoms with van der Waals surface area (Å²) in [6, 6.07) is 0. The van der Waals surface area contributed by atoms with E-state index in [2.05, 4.69) is 20.9 Å². The first-order chi connectivity index (χ1) is 6.59. The van der Waals surface area contributed by atoms with E-state index in [1.165, 1.54) is 23.3 Å². The standard InChI is InChI=1S/C8H6BrN3O2/c1-11-4-10-7-5(8(11)13)2-12(14)3-6(7)9/h2-4H,1H3. The van der Waals surface area contributed by atoms with Crippen molar-refractivity contribution in [3.05, 3.63) is 38.8 Å². The largest absolute Gasteiger partial charge is 0.619 e. The first-order valence-corrected chi connectivity index (χ1v) is 4.62. The van der Waals surface area contributed by atoms with Crippen molar-refractivity contribution in [2.45, 2.75) is 0 Å². The van der Waals surface area contributed by atoms with Crippen molar-refractivity contribution in [3.63, 3.8) is 0 Å². The van der Waals surface area contributed by atoms with Gasteiger partial charge in [-0.3, -0.25) is 4.79 Å². The van der Waals surface area contributed by atoms with Crippen molar-refractivity contribution in [2.24, 2.45) is 7.05 Å². The molecule has 2 aromatic rings. The average Bonchev–Trinajstić information content (AvgIpc) is 2.12. The molecule has 0 bridgehead atoms. The van der Waals surface area contributed by atoms with Gasteiger partial charge in [0.05, 0.1) is 6.33 Å². The third kappa shape index (κ3) is 1.27. The number of fused-ring (bicyclic) bond motifs is 1. The summed E-state index contributed by atoms with van der Waals surface area (Å²) in [5.41, 5.74) is 0.265. The van der Waals surface area contributed by atoms with Gasteiger partial charge in [-0.15, -0.1) is 0 Å². The Bertz CT molecular complexity index is 564. The molecule has 6 heteroatoms. The molecule has 0 spiro atoms. The van der Waals surface area contributed by atoms with Crippen LogP contribution in [0.4, 0.5) is 0 Å². The van der Waals surface area contributed by atoms with Crippen LogP contribution in [0.15, 0.2) is 28.0 Å². The van der Waals surface area contributed by atoms with E-state index in [0.29, 0.717) is 20.1 Å². The molecule has 0 radical (unpaired) electrons. The van der Waals surface area contributed by atoms with Gasteiger partial charge in [-0.1, -0.05) is 0 Å². The fourth-order valence-corrected chi connectivity index (χ4v) is 1.72. The Hall–Kier alpha value is -1.43. The summed E-state index contributed by atoms with van der Waals surface area (Å²) in [4.78, 5) is 15.6. The van der Waals surface area contributed by atoms with Crippen LogP contribution >= 0.6 is 15.9 Å². The van der Waals surface area contributed by atoms with E-state index in [9.17, 15) is 10.0 Å². The smallest absolute Gasteiger partial charge is 0.267 e. The molecule has 0 N–H and O–H groups in total. The number of aryl methyl sites for hydroxylation is 1. The average molecular weight is 256 g/mol. The predicted molar refractivity (Wildman–Crippen MR) is 53.6 cm³/mol. The van der Waals surface area contributed by atoms with Crippen molar-refractivity contribution < 1.29 is 4.73 Å². The molecule has 2 heterocycles. The van der Waals surface area contributed by atoms with E-state index in [-0.39, 0.29) is 5.56 Å². The lowest BCUT2D eigenvalue weighted by Crippen LogP contribution is -2.28. The molecule has 0 aliphatic heterocycles. The van der Waals surface area contributed by atoms with Crippen LogP contribution in [0.25, 0.3) is 10.9 Å². The molecule has 2 aromatic heterocycles. The van der Waals surface area contributed by atoms with Crippen molar-refractivity contribution >= 4 is 26.8 Å². The van der Waals surface area contributed by atoms with Crippen molar-refractivity contribution in [1.82, 2.24) is 9.55 Å². The zero-order valence-corrected chi connectivity index (χ0v) is 8.85. The van der Waals surface area contributed by atoms with E-state index in [0.717, 1.165) is 0 Å². The maximum atomic E-state index is 11.6. The van der Waals surface area contributed by atoms with Gasteiger partial charge in [0.15, 0.2) is 12.4 Å². The van der Waals surface area contributed by atoms with Gasteiger partial charge < -0.3 is 9.77 Å². The summed E-state index contributed by atoms with van der Waals surface area (Å²) in [7, 11) is 1.59. The Balaban J connectivity index is 3.03. The number of hydrogen-bond donors (Lipinski definition) is 0. The van der Waals surface area contributed by atoms with E-state index < -0.39 is 0 Å². The van der Waals surface area contributed by atoms with Crippen LogP contribution in [0.5, 0.6) is 0 Å². The fraction of sp³-hybridized carbons (Fsp3) is 0.125. The molecule has 0 aromatic carbocycles. The van der Waals surface area contributed by atoms with Gasteiger partial charge in [-0.05, 0) is 15.9 Å². The SMILES string of the molecule is Cn1cnc2c(Br)c[n+]([O-])cc2c1=O. The Labute approximate surface area is 87.3 Å². The summed E-state index contributed by atoms with van der Waals surface area (Å²) < 4.78 is 2.42. The highest BCUT2D eigenvalue weighted by Crippen LogP contribution is 2.15. The van der Waals surface area contributed by atoms with Crippen LogP contribution in [0.2, 0.25) is 0 Å². The van der Waals surface area contributed by atoms with Crippen LogP contribution in [0.1, 0.15) is 0 Å². The minimum absolute atomic E-state index is 0.235. The summed E-state index contributed by atoms with van der Waals surface area (Å²) in [6.07, 6.45) is 3.95. The van der Waals surface area contributed by atoms with Gasteiger partial charge in [0, 0.05) is 7.05 Å². The molecule has 0 amide bonds. The maximum absolute atomic E-state index is 11.6. The molecule has 14 heavy (non-hydrogen) atoms.